The van der Waals surface area contributed by atoms with Gasteiger partial charge >= 0.3 is 0 Å². The average molecular weight is 326 g/mol. The number of halogens is 1. The highest BCUT2D eigenvalue weighted by Gasteiger charge is 2.13. The lowest BCUT2D eigenvalue weighted by Gasteiger charge is -2.07. The molecule has 0 aliphatic heterocycles. The van der Waals surface area contributed by atoms with Crippen molar-refractivity contribution in [1.29, 1.82) is 5.26 Å². The van der Waals surface area contributed by atoms with Crippen LogP contribution in [-0.2, 0) is 6.54 Å². The fraction of sp³-hybridized carbons (Fsp3) is 0.125. The summed E-state index contributed by atoms with van der Waals surface area (Å²) in [7, 11) is 0. The third-order valence-corrected chi connectivity index (χ3v) is 4.00. The average Bonchev–Trinajstić information content (AvgIpc) is 2.84. The fourth-order valence-corrected chi connectivity index (χ4v) is 2.83. The van der Waals surface area contributed by atoms with Gasteiger partial charge in [-0.2, -0.15) is 5.26 Å². The van der Waals surface area contributed by atoms with E-state index in [1.54, 1.807) is 0 Å². The Bertz CT molecular complexity index is 827. The second-order valence-corrected chi connectivity index (χ2v) is 5.33. The number of rotatable bonds is 2. The Labute approximate surface area is 125 Å². The Balaban J connectivity index is 2.31. The van der Waals surface area contributed by atoms with Gasteiger partial charge in [-0.15, -0.1) is 0 Å². The molecule has 2 aromatic carbocycles. The number of aromatic nitrogens is 2. The van der Waals surface area contributed by atoms with E-state index >= 15 is 0 Å². The summed E-state index contributed by atoms with van der Waals surface area (Å²) in [6.45, 7) is 2.93. The zero-order valence-corrected chi connectivity index (χ0v) is 12.6. The lowest BCUT2D eigenvalue weighted by Crippen LogP contribution is -1.97. The van der Waals surface area contributed by atoms with E-state index in [1.165, 1.54) is 0 Å². The molecule has 0 amide bonds. The van der Waals surface area contributed by atoms with Crippen LogP contribution in [0.1, 0.15) is 12.5 Å². The lowest BCUT2D eigenvalue weighted by atomic mass is 10.2. The van der Waals surface area contributed by atoms with Crippen LogP contribution < -0.4 is 0 Å². The first-order chi connectivity index (χ1) is 9.74. The lowest BCUT2D eigenvalue weighted by molar-refractivity contribution is 0.796. The molecule has 3 rings (SSSR count). The summed E-state index contributed by atoms with van der Waals surface area (Å²) in [5, 5.41) is 9.00. The van der Waals surface area contributed by atoms with Gasteiger partial charge in [0.15, 0.2) is 0 Å². The maximum atomic E-state index is 9.00. The summed E-state index contributed by atoms with van der Waals surface area (Å²) in [6.07, 6.45) is 0. The summed E-state index contributed by atoms with van der Waals surface area (Å²) < 4.78 is 3.18. The molecule has 0 N–H and O–H groups in total. The third-order valence-electron chi connectivity index (χ3n) is 3.31. The summed E-state index contributed by atoms with van der Waals surface area (Å²) in [4.78, 5) is 4.71. The molecule has 0 radical (unpaired) electrons. The maximum Gasteiger partial charge on any atom is 0.142 e. The Morgan fingerprint density at radius 1 is 1.25 bits per heavy atom. The smallest absolute Gasteiger partial charge is 0.142 e. The van der Waals surface area contributed by atoms with Crippen molar-refractivity contribution >= 4 is 27.0 Å². The van der Waals surface area contributed by atoms with Crippen molar-refractivity contribution in [3.63, 3.8) is 0 Å². The molecule has 0 fully saturated rings. The topological polar surface area (TPSA) is 41.6 Å². The van der Waals surface area contributed by atoms with Crippen molar-refractivity contribution in [2.45, 2.75) is 13.5 Å². The number of hydrogen-bond acceptors (Lipinski definition) is 2. The predicted molar refractivity (Wildman–Crippen MR) is 83.3 cm³/mol. The zero-order chi connectivity index (χ0) is 14.1. The number of nitriles is 1. The normalized spacial score (nSPS) is 10.7. The van der Waals surface area contributed by atoms with Crippen molar-refractivity contribution in [2.24, 2.45) is 0 Å². The van der Waals surface area contributed by atoms with Gasteiger partial charge in [0.2, 0.25) is 0 Å². The highest BCUT2D eigenvalue weighted by molar-refractivity contribution is 9.10. The maximum absolute atomic E-state index is 9.00. The van der Waals surface area contributed by atoms with Crippen LogP contribution in [-0.4, -0.2) is 9.55 Å². The summed E-state index contributed by atoms with van der Waals surface area (Å²) in [5.74, 6) is 0.921. The van der Waals surface area contributed by atoms with Crippen molar-refractivity contribution in [2.75, 3.05) is 0 Å². The Morgan fingerprint density at radius 3 is 2.75 bits per heavy atom. The molecule has 0 unspecified atom stereocenters. The van der Waals surface area contributed by atoms with E-state index in [0.29, 0.717) is 5.56 Å². The van der Waals surface area contributed by atoms with E-state index in [1.807, 2.05) is 42.5 Å². The minimum atomic E-state index is 0.636. The highest BCUT2D eigenvalue weighted by atomic mass is 79.9. The number of fused-ring (bicyclic) bond motifs is 1. The van der Waals surface area contributed by atoms with Gasteiger partial charge < -0.3 is 4.57 Å². The number of benzene rings is 2. The number of hydrogen-bond donors (Lipinski definition) is 0. The van der Waals surface area contributed by atoms with Crippen LogP contribution in [0.25, 0.3) is 22.4 Å². The molecule has 20 heavy (non-hydrogen) atoms. The Hall–Kier alpha value is -2.12. The molecule has 0 saturated carbocycles. The second kappa shape index (κ2) is 5.10. The van der Waals surface area contributed by atoms with Gasteiger partial charge in [-0.3, -0.25) is 0 Å². The second-order valence-electron chi connectivity index (χ2n) is 4.47. The molecule has 0 bridgehead atoms. The van der Waals surface area contributed by atoms with E-state index in [-0.39, 0.29) is 0 Å². The molecule has 1 aromatic heterocycles. The first-order valence-corrected chi connectivity index (χ1v) is 7.19. The predicted octanol–water partition coefficient (Wildman–Crippen LogP) is 4.36. The first kappa shape index (κ1) is 12.9. The number of imidazole rings is 1. The Kier molecular flexibility index (Phi) is 3.29. The molecule has 0 atom stereocenters. The molecule has 0 spiro atoms. The van der Waals surface area contributed by atoms with Crippen LogP contribution in [0.3, 0.4) is 0 Å². The summed E-state index contributed by atoms with van der Waals surface area (Å²) >= 11 is 3.58. The largest absolute Gasteiger partial charge is 0.324 e. The minimum Gasteiger partial charge on any atom is -0.324 e. The van der Waals surface area contributed by atoms with Gasteiger partial charge in [-0.25, -0.2) is 4.98 Å². The van der Waals surface area contributed by atoms with Crippen molar-refractivity contribution < 1.29 is 0 Å². The monoisotopic (exact) mass is 325 g/mol. The third kappa shape index (κ3) is 2.00. The van der Waals surface area contributed by atoms with Crippen LogP contribution >= 0.6 is 15.9 Å². The molecular weight excluding hydrogens is 314 g/mol. The molecule has 1 heterocycles. The quantitative estimate of drug-likeness (QED) is 0.702. The molecule has 0 saturated heterocycles. The molecule has 3 aromatic rings. The summed E-state index contributed by atoms with van der Waals surface area (Å²) in [5.41, 5.74) is 3.61. The van der Waals surface area contributed by atoms with E-state index in [4.69, 9.17) is 10.2 Å². The van der Waals surface area contributed by atoms with E-state index < -0.39 is 0 Å². The van der Waals surface area contributed by atoms with Gasteiger partial charge in [-0.05, 0) is 31.2 Å². The van der Waals surface area contributed by atoms with E-state index in [2.05, 4.69) is 33.5 Å². The van der Waals surface area contributed by atoms with Crippen molar-refractivity contribution in [3.8, 4) is 17.5 Å². The molecular formula is C16H12BrN3. The van der Waals surface area contributed by atoms with Gasteiger partial charge in [0.05, 0.1) is 22.7 Å². The SMILES string of the molecule is CCn1c(-c2ccccc2Br)nc2cc(C#N)ccc21. The fourth-order valence-electron chi connectivity index (χ4n) is 2.37. The van der Waals surface area contributed by atoms with Crippen LogP contribution in [0.4, 0.5) is 0 Å². The van der Waals surface area contributed by atoms with Crippen LogP contribution in [0.2, 0.25) is 0 Å². The molecule has 4 heteroatoms. The van der Waals surface area contributed by atoms with Gasteiger partial charge in [0.1, 0.15) is 5.82 Å². The number of nitrogens with zero attached hydrogens (tertiary/aromatic N) is 3. The zero-order valence-electron chi connectivity index (χ0n) is 11.0. The highest BCUT2D eigenvalue weighted by Crippen LogP contribution is 2.30. The van der Waals surface area contributed by atoms with Gasteiger partial charge in [-0.1, -0.05) is 34.1 Å². The molecule has 0 aliphatic rings. The molecule has 0 aliphatic carbocycles. The van der Waals surface area contributed by atoms with Gasteiger partial charge in [0.25, 0.3) is 0 Å². The van der Waals surface area contributed by atoms with Crippen LogP contribution in [0, 0.1) is 11.3 Å². The molecule has 3 nitrogen and oxygen atoms in total. The van der Waals surface area contributed by atoms with Crippen LogP contribution in [0.5, 0.6) is 0 Å². The number of aryl methyl sites for hydroxylation is 1. The standard InChI is InChI=1S/C16H12BrN3/c1-2-20-15-8-7-11(10-18)9-14(15)19-16(20)12-5-3-4-6-13(12)17/h3-9H,2H2,1H3. The van der Waals surface area contributed by atoms with Crippen molar-refractivity contribution in [3.05, 3.63) is 52.5 Å². The van der Waals surface area contributed by atoms with E-state index in [0.717, 1.165) is 33.4 Å². The minimum absolute atomic E-state index is 0.636. The first-order valence-electron chi connectivity index (χ1n) is 6.40. The Morgan fingerprint density at radius 2 is 2.05 bits per heavy atom. The van der Waals surface area contributed by atoms with Gasteiger partial charge in [0, 0.05) is 16.6 Å². The summed E-state index contributed by atoms with van der Waals surface area (Å²) in [6, 6.07) is 15.8. The molecule has 98 valence electrons. The van der Waals surface area contributed by atoms with Crippen LogP contribution in [0.15, 0.2) is 46.9 Å². The van der Waals surface area contributed by atoms with E-state index in [9.17, 15) is 0 Å². The van der Waals surface area contributed by atoms with Crippen molar-refractivity contribution in [1.82, 2.24) is 9.55 Å².